The lowest BCUT2D eigenvalue weighted by Crippen LogP contribution is -2.06. The highest BCUT2D eigenvalue weighted by atomic mass is 32.1. The van der Waals surface area contributed by atoms with Gasteiger partial charge in [0.15, 0.2) is 0 Å². The topological polar surface area (TPSA) is 103 Å². The smallest absolute Gasteiger partial charge is 0.449 e. The van der Waals surface area contributed by atoms with Gasteiger partial charge in [0.05, 0.1) is 10.4 Å². The van der Waals surface area contributed by atoms with Crippen LogP contribution >= 0.6 is 11.3 Å². The number of non-ortho nitro benzene ring substituents is 1. The monoisotopic (exact) mass is 280 g/mol. The Labute approximate surface area is 111 Å². The molecule has 7 nitrogen and oxygen atoms in total. The molecule has 0 amide bonds. The van der Waals surface area contributed by atoms with Crippen molar-refractivity contribution in [1.82, 2.24) is 4.98 Å². The third kappa shape index (κ3) is 3.26. The van der Waals surface area contributed by atoms with E-state index >= 15 is 0 Å². The zero-order valence-corrected chi connectivity index (χ0v) is 10.3. The summed E-state index contributed by atoms with van der Waals surface area (Å²) < 4.78 is 4.61. The molecular formula is C11H8N2O5S. The average molecular weight is 280 g/mol. The maximum Gasteiger partial charge on any atom is 0.511 e. The molecule has 1 aromatic carbocycles. The molecule has 0 aliphatic heterocycles. The van der Waals surface area contributed by atoms with E-state index in [9.17, 15) is 14.9 Å². The van der Waals surface area contributed by atoms with Gasteiger partial charge in [0, 0.05) is 35.2 Å². The molecule has 1 heterocycles. The van der Waals surface area contributed by atoms with E-state index in [1.54, 1.807) is 11.7 Å². The summed E-state index contributed by atoms with van der Waals surface area (Å²) >= 11 is 1.38. The number of carboxylic acid groups (broad SMARTS) is 1. The van der Waals surface area contributed by atoms with Gasteiger partial charge in [0.1, 0.15) is 5.75 Å². The number of hydrogen-bond acceptors (Lipinski definition) is 6. The second kappa shape index (κ2) is 5.44. The van der Waals surface area contributed by atoms with E-state index in [1.807, 2.05) is 0 Å². The molecule has 0 atom stereocenters. The Morgan fingerprint density at radius 3 is 2.89 bits per heavy atom. The van der Waals surface area contributed by atoms with Crippen molar-refractivity contribution in [3.63, 3.8) is 0 Å². The maximum atomic E-state index is 10.7. The summed E-state index contributed by atoms with van der Waals surface area (Å²) in [5.74, 6) is 0.0894. The van der Waals surface area contributed by atoms with Crippen LogP contribution in [0.25, 0.3) is 0 Å². The van der Waals surface area contributed by atoms with Gasteiger partial charge >= 0.3 is 6.16 Å². The van der Waals surface area contributed by atoms with Gasteiger partial charge in [-0.15, -0.1) is 11.3 Å². The number of hydrogen-bond donors (Lipinski definition) is 1. The molecule has 2 rings (SSSR count). The van der Waals surface area contributed by atoms with Crippen molar-refractivity contribution in [1.29, 1.82) is 0 Å². The van der Waals surface area contributed by atoms with Crippen LogP contribution in [0, 0.1) is 10.1 Å². The summed E-state index contributed by atoms with van der Waals surface area (Å²) in [6.07, 6.45) is 0.489. The lowest BCUT2D eigenvalue weighted by molar-refractivity contribution is -0.384. The molecule has 1 N–H and O–H groups in total. The Kier molecular flexibility index (Phi) is 3.71. The molecule has 0 spiro atoms. The molecule has 98 valence electrons. The van der Waals surface area contributed by atoms with Gasteiger partial charge in [-0.05, 0) is 6.07 Å². The summed E-state index contributed by atoms with van der Waals surface area (Å²) in [5.41, 5.74) is 1.95. The molecule has 0 aliphatic rings. The fourth-order valence-electron chi connectivity index (χ4n) is 1.53. The molecule has 0 aliphatic carbocycles. The highest BCUT2D eigenvalue weighted by molar-refractivity contribution is 7.09. The quantitative estimate of drug-likeness (QED) is 0.400. The third-order valence-corrected chi connectivity index (χ3v) is 3.08. The van der Waals surface area contributed by atoms with Crippen LogP contribution in [0.2, 0.25) is 0 Å². The second-order valence-electron chi connectivity index (χ2n) is 3.56. The predicted octanol–water partition coefficient (Wildman–Crippen LogP) is 2.70. The number of rotatable bonds is 4. The summed E-state index contributed by atoms with van der Waals surface area (Å²) in [5, 5.41) is 19.4. The molecule has 0 fully saturated rings. The van der Waals surface area contributed by atoms with E-state index in [1.165, 1.54) is 29.5 Å². The van der Waals surface area contributed by atoms with Gasteiger partial charge in [-0.1, -0.05) is 0 Å². The zero-order chi connectivity index (χ0) is 13.8. The van der Waals surface area contributed by atoms with Gasteiger partial charge in [0.25, 0.3) is 5.69 Å². The molecule has 0 saturated heterocycles. The van der Waals surface area contributed by atoms with Crippen LogP contribution in [0.4, 0.5) is 10.5 Å². The lowest BCUT2D eigenvalue weighted by atomic mass is 10.1. The Balaban J connectivity index is 2.37. The number of nitrogens with zero attached hydrogens (tertiary/aromatic N) is 2. The number of aromatic nitrogens is 1. The van der Waals surface area contributed by atoms with Crippen LogP contribution in [0.15, 0.2) is 29.9 Å². The number of nitro groups is 1. The Bertz CT molecular complexity index is 612. The Hall–Kier alpha value is -2.48. The van der Waals surface area contributed by atoms with Crippen LogP contribution in [0.3, 0.4) is 0 Å². The van der Waals surface area contributed by atoms with Crippen molar-refractivity contribution in [3.05, 3.63) is 50.5 Å². The molecular weight excluding hydrogens is 272 g/mol. The minimum absolute atomic E-state index is 0.0894. The van der Waals surface area contributed by atoms with E-state index in [0.29, 0.717) is 12.0 Å². The van der Waals surface area contributed by atoms with E-state index in [2.05, 4.69) is 9.72 Å². The number of ether oxygens (including phenoxy) is 1. The van der Waals surface area contributed by atoms with Crippen LogP contribution < -0.4 is 4.74 Å². The number of benzene rings is 1. The second-order valence-corrected chi connectivity index (χ2v) is 4.53. The Morgan fingerprint density at radius 1 is 1.53 bits per heavy atom. The van der Waals surface area contributed by atoms with Crippen molar-refractivity contribution in [2.45, 2.75) is 6.42 Å². The van der Waals surface area contributed by atoms with E-state index in [0.717, 1.165) is 4.88 Å². The minimum atomic E-state index is -1.46. The predicted molar refractivity (Wildman–Crippen MR) is 66.7 cm³/mol. The first kappa shape index (κ1) is 13.0. The molecule has 2 aromatic rings. The SMILES string of the molecule is O=C(O)Oc1ccc([N+](=O)[O-])cc1Cc1cncs1. The number of carbonyl (C=O) groups is 1. The first-order valence-electron chi connectivity index (χ1n) is 5.11. The van der Waals surface area contributed by atoms with Crippen LogP contribution in [-0.2, 0) is 6.42 Å². The fraction of sp³-hybridized carbons (Fsp3) is 0.0909. The van der Waals surface area contributed by atoms with E-state index in [-0.39, 0.29) is 11.4 Å². The van der Waals surface area contributed by atoms with Crippen molar-refractivity contribution in [3.8, 4) is 5.75 Å². The zero-order valence-electron chi connectivity index (χ0n) is 9.48. The largest absolute Gasteiger partial charge is 0.511 e. The van der Waals surface area contributed by atoms with Crippen molar-refractivity contribution < 1.29 is 19.6 Å². The summed E-state index contributed by atoms with van der Waals surface area (Å²) in [7, 11) is 0. The first-order chi connectivity index (χ1) is 9.06. The van der Waals surface area contributed by atoms with Crippen LogP contribution in [-0.4, -0.2) is 21.2 Å². The van der Waals surface area contributed by atoms with Crippen LogP contribution in [0.5, 0.6) is 5.75 Å². The number of thiazole rings is 1. The van der Waals surface area contributed by atoms with Crippen molar-refractivity contribution >= 4 is 23.2 Å². The first-order valence-corrected chi connectivity index (χ1v) is 5.99. The molecule has 8 heteroatoms. The summed E-state index contributed by atoms with van der Waals surface area (Å²) in [6, 6.07) is 3.79. The van der Waals surface area contributed by atoms with Gasteiger partial charge in [-0.3, -0.25) is 15.1 Å². The lowest BCUT2D eigenvalue weighted by Gasteiger charge is -2.06. The molecule has 0 saturated carbocycles. The molecule has 0 radical (unpaired) electrons. The normalized spacial score (nSPS) is 10.1. The highest BCUT2D eigenvalue weighted by Crippen LogP contribution is 2.27. The Morgan fingerprint density at radius 2 is 2.32 bits per heavy atom. The third-order valence-electron chi connectivity index (χ3n) is 2.30. The molecule has 1 aromatic heterocycles. The average Bonchev–Trinajstić information content (AvgIpc) is 2.83. The van der Waals surface area contributed by atoms with Gasteiger partial charge < -0.3 is 9.84 Å². The van der Waals surface area contributed by atoms with E-state index in [4.69, 9.17) is 5.11 Å². The van der Waals surface area contributed by atoms with Crippen molar-refractivity contribution in [2.75, 3.05) is 0 Å². The van der Waals surface area contributed by atoms with E-state index < -0.39 is 11.1 Å². The minimum Gasteiger partial charge on any atom is -0.449 e. The standard InChI is InChI=1S/C11H8N2O5S/c14-11(15)18-10-2-1-8(13(16)17)3-7(10)4-9-5-12-6-19-9/h1-3,5-6H,4H2,(H,14,15). The molecule has 19 heavy (non-hydrogen) atoms. The molecule has 0 unspecified atom stereocenters. The summed E-state index contributed by atoms with van der Waals surface area (Å²) in [6.45, 7) is 0. The fourth-order valence-corrected chi connectivity index (χ4v) is 2.15. The summed E-state index contributed by atoms with van der Waals surface area (Å²) in [4.78, 5) is 25.5. The van der Waals surface area contributed by atoms with Crippen LogP contribution in [0.1, 0.15) is 10.4 Å². The van der Waals surface area contributed by atoms with Gasteiger partial charge in [-0.2, -0.15) is 0 Å². The highest BCUT2D eigenvalue weighted by Gasteiger charge is 2.15. The molecule has 0 bridgehead atoms. The number of nitro benzene ring substituents is 1. The van der Waals surface area contributed by atoms with Gasteiger partial charge in [0.2, 0.25) is 0 Å². The van der Waals surface area contributed by atoms with Crippen molar-refractivity contribution in [2.24, 2.45) is 0 Å². The maximum absolute atomic E-state index is 10.7. The van der Waals surface area contributed by atoms with Gasteiger partial charge in [-0.25, -0.2) is 4.79 Å².